The molecule has 1 aliphatic heterocycles. The van der Waals surface area contributed by atoms with Gasteiger partial charge in [-0.05, 0) is 39.8 Å². The van der Waals surface area contributed by atoms with Crippen molar-refractivity contribution in [3.8, 4) is 5.75 Å². The fourth-order valence-electron chi connectivity index (χ4n) is 2.24. The molecule has 3 atom stereocenters. The summed E-state index contributed by atoms with van der Waals surface area (Å²) in [4.78, 5) is 0. The van der Waals surface area contributed by atoms with Crippen molar-refractivity contribution in [1.29, 1.82) is 0 Å². The highest BCUT2D eigenvalue weighted by molar-refractivity contribution is 7.90. The first-order chi connectivity index (χ1) is 9.72. The SMILES string of the molecule is CC(N[S+]([O-])C(C)(C)C)C1Cc2cc(F)cc(CO)c2O1. The van der Waals surface area contributed by atoms with Crippen LogP contribution in [0.2, 0.25) is 0 Å². The van der Waals surface area contributed by atoms with Crippen LogP contribution in [0, 0.1) is 5.82 Å². The Morgan fingerprint density at radius 2 is 2.19 bits per heavy atom. The Bertz CT molecular complexity index is 518. The number of aliphatic hydroxyl groups excluding tert-OH is 1. The minimum Gasteiger partial charge on any atom is -0.598 e. The Hall–Kier alpha value is -0.820. The second-order valence-electron chi connectivity index (χ2n) is 6.36. The van der Waals surface area contributed by atoms with Gasteiger partial charge >= 0.3 is 0 Å². The van der Waals surface area contributed by atoms with E-state index in [2.05, 4.69) is 4.72 Å². The normalized spacial score (nSPS) is 20.8. The second-order valence-corrected chi connectivity index (χ2v) is 8.36. The van der Waals surface area contributed by atoms with Crippen molar-refractivity contribution in [3.63, 3.8) is 0 Å². The standard InChI is InChI=1S/C15H22FNO3S/c1-9(17-21(19)15(2,3)4)13-7-10-5-12(16)6-11(8-18)14(10)20-13/h5-6,9,13,17-18H,7-8H2,1-4H3. The Morgan fingerprint density at radius 1 is 1.52 bits per heavy atom. The van der Waals surface area contributed by atoms with E-state index in [-0.39, 0.29) is 29.3 Å². The first-order valence-electron chi connectivity index (χ1n) is 6.99. The number of hydrogen-bond acceptors (Lipinski definition) is 4. The maximum absolute atomic E-state index is 13.5. The van der Waals surface area contributed by atoms with Crippen LogP contribution in [0.3, 0.4) is 0 Å². The smallest absolute Gasteiger partial charge is 0.136 e. The van der Waals surface area contributed by atoms with Crippen LogP contribution in [0.25, 0.3) is 0 Å². The first-order valence-corrected chi connectivity index (χ1v) is 8.14. The second kappa shape index (κ2) is 6.12. The molecule has 21 heavy (non-hydrogen) atoms. The fraction of sp³-hybridized carbons (Fsp3) is 0.600. The van der Waals surface area contributed by atoms with E-state index in [9.17, 15) is 14.0 Å². The molecule has 1 aromatic rings. The maximum atomic E-state index is 13.5. The lowest BCUT2D eigenvalue weighted by molar-refractivity contribution is 0.191. The van der Waals surface area contributed by atoms with Crippen LogP contribution >= 0.6 is 0 Å². The molecule has 0 saturated carbocycles. The summed E-state index contributed by atoms with van der Waals surface area (Å²) in [7, 11) is 0. The monoisotopic (exact) mass is 315 g/mol. The Morgan fingerprint density at radius 3 is 2.76 bits per heavy atom. The molecule has 3 unspecified atom stereocenters. The van der Waals surface area contributed by atoms with E-state index in [0.29, 0.717) is 17.7 Å². The summed E-state index contributed by atoms with van der Waals surface area (Å²) < 4.78 is 34.1. The molecule has 1 aliphatic rings. The predicted octanol–water partition coefficient (Wildman–Crippen LogP) is 2.06. The van der Waals surface area contributed by atoms with E-state index in [0.717, 1.165) is 5.56 Å². The van der Waals surface area contributed by atoms with Crippen LogP contribution in [-0.4, -0.2) is 26.6 Å². The lowest BCUT2D eigenvalue weighted by atomic mass is 10.0. The van der Waals surface area contributed by atoms with Crippen molar-refractivity contribution in [3.05, 3.63) is 29.1 Å². The molecule has 0 bridgehead atoms. The number of fused-ring (bicyclic) bond motifs is 1. The van der Waals surface area contributed by atoms with Crippen molar-refractivity contribution < 1.29 is 18.8 Å². The van der Waals surface area contributed by atoms with Crippen molar-refractivity contribution in [1.82, 2.24) is 4.72 Å². The van der Waals surface area contributed by atoms with Crippen LogP contribution in [0.5, 0.6) is 5.75 Å². The highest BCUT2D eigenvalue weighted by Gasteiger charge is 2.35. The van der Waals surface area contributed by atoms with Gasteiger partial charge in [0, 0.05) is 28.9 Å². The van der Waals surface area contributed by atoms with Gasteiger partial charge in [-0.1, -0.05) is 0 Å². The number of ether oxygens (including phenoxy) is 1. The number of hydrogen-bond donors (Lipinski definition) is 2. The summed E-state index contributed by atoms with van der Waals surface area (Å²) in [5.74, 6) is 0.181. The molecule has 0 amide bonds. The third-order valence-electron chi connectivity index (χ3n) is 3.48. The van der Waals surface area contributed by atoms with Crippen LogP contribution in [-0.2, 0) is 24.4 Å². The summed E-state index contributed by atoms with van der Waals surface area (Å²) in [5.41, 5.74) is 1.20. The molecule has 4 nitrogen and oxygen atoms in total. The van der Waals surface area contributed by atoms with Crippen LogP contribution in [0.4, 0.5) is 4.39 Å². The molecule has 0 aromatic heterocycles. The van der Waals surface area contributed by atoms with E-state index >= 15 is 0 Å². The summed E-state index contributed by atoms with van der Waals surface area (Å²) in [6.45, 7) is 7.32. The molecule has 0 radical (unpaired) electrons. The quantitative estimate of drug-likeness (QED) is 0.835. The number of halogens is 1. The van der Waals surface area contributed by atoms with Gasteiger partial charge < -0.3 is 14.4 Å². The van der Waals surface area contributed by atoms with E-state index in [4.69, 9.17) is 4.74 Å². The molecule has 0 spiro atoms. The van der Waals surface area contributed by atoms with E-state index < -0.39 is 11.4 Å². The lowest BCUT2D eigenvalue weighted by Crippen LogP contribution is -2.49. The van der Waals surface area contributed by atoms with Crippen LogP contribution in [0.15, 0.2) is 12.1 Å². The summed E-state index contributed by atoms with van der Waals surface area (Å²) >= 11 is -1.19. The van der Waals surface area contributed by atoms with Gasteiger partial charge in [-0.2, -0.15) is 0 Å². The van der Waals surface area contributed by atoms with Crippen molar-refractivity contribution in [2.75, 3.05) is 0 Å². The topological polar surface area (TPSA) is 64.5 Å². The predicted molar refractivity (Wildman–Crippen MR) is 80.9 cm³/mol. The Balaban J connectivity index is 2.09. The number of rotatable bonds is 4. The molecular weight excluding hydrogens is 293 g/mol. The molecule has 0 fully saturated rings. The van der Waals surface area contributed by atoms with Crippen LogP contribution in [0.1, 0.15) is 38.8 Å². The summed E-state index contributed by atoms with van der Waals surface area (Å²) in [6.07, 6.45) is 0.314. The van der Waals surface area contributed by atoms with Crippen LogP contribution < -0.4 is 9.46 Å². The first kappa shape index (κ1) is 16.5. The lowest BCUT2D eigenvalue weighted by Gasteiger charge is -2.28. The molecule has 2 N–H and O–H groups in total. The summed E-state index contributed by atoms with van der Waals surface area (Å²) in [6, 6.07) is 2.57. The minimum absolute atomic E-state index is 0.146. The van der Waals surface area contributed by atoms with Crippen molar-refractivity contribution in [2.24, 2.45) is 0 Å². The third-order valence-corrected chi connectivity index (χ3v) is 5.17. The molecule has 1 heterocycles. The fourth-order valence-corrected chi connectivity index (χ4v) is 3.09. The molecule has 6 heteroatoms. The Labute approximate surface area is 128 Å². The van der Waals surface area contributed by atoms with Gasteiger partial charge in [0.05, 0.1) is 12.6 Å². The van der Waals surface area contributed by atoms with Gasteiger partial charge in [0.15, 0.2) is 0 Å². The van der Waals surface area contributed by atoms with Crippen molar-refractivity contribution >= 4 is 11.4 Å². The van der Waals surface area contributed by atoms with Gasteiger partial charge in [0.25, 0.3) is 0 Å². The molecule has 0 aliphatic carbocycles. The van der Waals surface area contributed by atoms with Gasteiger partial charge in [0.2, 0.25) is 0 Å². The average Bonchev–Trinajstić information content (AvgIpc) is 2.80. The zero-order chi connectivity index (χ0) is 15.8. The maximum Gasteiger partial charge on any atom is 0.136 e. The van der Waals surface area contributed by atoms with Gasteiger partial charge in [0.1, 0.15) is 22.4 Å². The Kier molecular flexibility index (Phi) is 4.82. The highest BCUT2D eigenvalue weighted by Crippen LogP contribution is 2.35. The average molecular weight is 315 g/mol. The van der Waals surface area contributed by atoms with E-state index in [1.807, 2.05) is 27.7 Å². The molecule has 118 valence electrons. The van der Waals surface area contributed by atoms with E-state index in [1.165, 1.54) is 12.1 Å². The molecule has 0 saturated heterocycles. The van der Waals surface area contributed by atoms with Gasteiger partial charge in [-0.15, -0.1) is 4.72 Å². The summed E-state index contributed by atoms with van der Waals surface area (Å²) in [5, 5.41) is 9.29. The largest absolute Gasteiger partial charge is 0.598 e. The zero-order valence-corrected chi connectivity index (χ0v) is 13.6. The number of benzene rings is 1. The molecule has 2 rings (SSSR count). The van der Waals surface area contributed by atoms with Crippen molar-refractivity contribution in [2.45, 2.75) is 57.6 Å². The number of nitrogens with one attached hydrogen (secondary N) is 1. The minimum atomic E-state index is -1.19. The molecular formula is C15H22FNO3S. The van der Waals surface area contributed by atoms with Gasteiger partial charge in [-0.3, -0.25) is 0 Å². The zero-order valence-electron chi connectivity index (χ0n) is 12.8. The molecule has 1 aromatic carbocycles. The third kappa shape index (κ3) is 3.69. The van der Waals surface area contributed by atoms with Gasteiger partial charge in [-0.25, -0.2) is 4.39 Å². The highest BCUT2D eigenvalue weighted by atomic mass is 32.2. The number of aliphatic hydroxyl groups is 1. The van der Waals surface area contributed by atoms with E-state index in [1.54, 1.807) is 0 Å².